The fourth-order valence-corrected chi connectivity index (χ4v) is 1.13. The fourth-order valence-electron chi connectivity index (χ4n) is 1.13. The molecule has 0 radical (unpaired) electrons. The zero-order valence-corrected chi connectivity index (χ0v) is 9.94. The van der Waals surface area contributed by atoms with Crippen molar-refractivity contribution in [3.05, 3.63) is 35.6 Å². The van der Waals surface area contributed by atoms with E-state index in [-0.39, 0.29) is 24.1 Å². The van der Waals surface area contributed by atoms with E-state index in [9.17, 15) is 9.18 Å². The third-order valence-electron chi connectivity index (χ3n) is 2.01. The second-order valence-electron chi connectivity index (χ2n) is 3.26. The Labute approximate surface area is 101 Å². The smallest absolute Gasteiger partial charge is 0.221 e. The van der Waals surface area contributed by atoms with Crippen molar-refractivity contribution in [3.63, 3.8) is 0 Å². The number of rotatable bonds is 5. The van der Waals surface area contributed by atoms with E-state index >= 15 is 0 Å². The first kappa shape index (κ1) is 14.9. The minimum Gasteiger partial charge on any atom is -0.352 e. The Hall–Kier alpha value is -1.13. The van der Waals surface area contributed by atoms with E-state index in [0.29, 0.717) is 19.5 Å². The van der Waals surface area contributed by atoms with Crippen molar-refractivity contribution in [2.45, 2.75) is 13.0 Å². The van der Waals surface area contributed by atoms with Crippen LogP contribution in [0.25, 0.3) is 0 Å². The molecule has 0 aliphatic carbocycles. The monoisotopic (exact) mass is 246 g/mol. The summed E-state index contributed by atoms with van der Waals surface area (Å²) in [5.74, 6) is -0.270. The minimum atomic E-state index is -0.264. The highest BCUT2D eigenvalue weighted by atomic mass is 35.5. The number of hydrogen-bond acceptors (Lipinski definition) is 2. The average molecular weight is 247 g/mol. The van der Waals surface area contributed by atoms with Crippen LogP contribution in [0.1, 0.15) is 12.0 Å². The van der Waals surface area contributed by atoms with Crippen molar-refractivity contribution in [1.82, 2.24) is 10.6 Å². The lowest BCUT2D eigenvalue weighted by Gasteiger charge is -2.04. The lowest BCUT2D eigenvalue weighted by Crippen LogP contribution is -2.26. The SMILES string of the molecule is CNCCC(=O)NCc1ccc(F)cc1.Cl. The Bertz CT molecular complexity index is 316. The van der Waals surface area contributed by atoms with Crippen LogP contribution < -0.4 is 10.6 Å². The minimum absolute atomic E-state index is 0. The van der Waals surface area contributed by atoms with Gasteiger partial charge in [0, 0.05) is 19.5 Å². The molecular formula is C11H16ClFN2O. The first-order chi connectivity index (χ1) is 7.22. The van der Waals surface area contributed by atoms with Crippen molar-refractivity contribution in [2.75, 3.05) is 13.6 Å². The molecule has 0 saturated carbocycles. The van der Waals surface area contributed by atoms with Crippen LogP contribution in [0.15, 0.2) is 24.3 Å². The molecule has 0 unspecified atom stereocenters. The molecule has 0 aromatic heterocycles. The molecule has 1 aromatic rings. The summed E-state index contributed by atoms with van der Waals surface area (Å²) < 4.78 is 12.6. The molecule has 0 bridgehead atoms. The van der Waals surface area contributed by atoms with E-state index in [2.05, 4.69) is 10.6 Å². The molecule has 0 aliphatic rings. The molecule has 0 heterocycles. The van der Waals surface area contributed by atoms with Crippen molar-refractivity contribution in [1.29, 1.82) is 0 Å². The summed E-state index contributed by atoms with van der Waals surface area (Å²) in [5, 5.41) is 5.65. The van der Waals surface area contributed by atoms with Gasteiger partial charge in [-0.3, -0.25) is 4.79 Å². The summed E-state index contributed by atoms with van der Waals surface area (Å²) in [6, 6.07) is 6.09. The van der Waals surface area contributed by atoms with Gasteiger partial charge in [-0.25, -0.2) is 4.39 Å². The van der Waals surface area contributed by atoms with Gasteiger partial charge in [-0.1, -0.05) is 12.1 Å². The first-order valence-corrected chi connectivity index (χ1v) is 4.88. The van der Waals surface area contributed by atoms with Crippen LogP contribution in [0, 0.1) is 5.82 Å². The largest absolute Gasteiger partial charge is 0.352 e. The molecule has 0 atom stereocenters. The quantitative estimate of drug-likeness (QED) is 0.826. The predicted molar refractivity (Wildman–Crippen MR) is 64.0 cm³/mol. The Morgan fingerprint density at radius 3 is 2.50 bits per heavy atom. The van der Waals surface area contributed by atoms with Crippen molar-refractivity contribution < 1.29 is 9.18 Å². The maximum Gasteiger partial charge on any atom is 0.221 e. The van der Waals surface area contributed by atoms with Crippen LogP contribution in [0.4, 0.5) is 4.39 Å². The second kappa shape index (κ2) is 8.07. The Kier molecular flexibility index (Phi) is 7.50. The molecule has 5 heteroatoms. The van der Waals surface area contributed by atoms with Gasteiger partial charge in [0.15, 0.2) is 0 Å². The van der Waals surface area contributed by atoms with Gasteiger partial charge in [0.05, 0.1) is 0 Å². The lowest BCUT2D eigenvalue weighted by molar-refractivity contribution is -0.121. The van der Waals surface area contributed by atoms with Gasteiger partial charge in [-0.15, -0.1) is 12.4 Å². The molecule has 90 valence electrons. The number of carbonyl (C=O) groups excluding carboxylic acids is 1. The van der Waals surface area contributed by atoms with Crippen LogP contribution >= 0.6 is 12.4 Å². The standard InChI is InChI=1S/C11H15FN2O.ClH/c1-13-7-6-11(15)14-8-9-2-4-10(12)5-3-9;/h2-5,13H,6-8H2,1H3,(H,14,15);1H. The van der Waals surface area contributed by atoms with E-state index in [4.69, 9.17) is 0 Å². The fraction of sp³-hybridized carbons (Fsp3) is 0.364. The topological polar surface area (TPSA) is 41.1 Å². The number of nitrogens with one attached hydrogen (secondary N) is 2. The summed E-state index contributed by atoms with van der Waals surface area (Å²) >= 11 is 0. The maximum absolute atomic E-state index is 12.6. The molecule has 1 aromatic carbocycles. The third kappa shape index (κ3) is 5.68. The van der Waals surface area contributed by atoms with Crippen LogP contribution in [0.2, 0.25) is 0 Å². The normalized spacial score (nSPS) is 9.38. The van der Waals surface area contributed by atoms with Crippen molar-refractivity contribution >= 4 is 18.3 Å². The number of benzene rings is 1. The molecule has 2 N–H and O–H groups in total. The Morgan fingerprint density at radius 2 is 1.94 bits per heavy atom. The van der Waals surface area contributed by atoms with E-state index in [1.807, 2.05) is 0 Å². The molecule has 16 heavy (non-hydrogen) atoms. The number of hydrogen-bond donors (Lipinski definition) is 2. The van der Waals surface area contributed by atoms with Crippen LogP contribution in [0.5, 0.6) is 0 Å². The Balaban J connectivity index is 0.00000225. The first-order valence-electron chi connectivity index (χ1n) is 4.88. The van der Waals surface area contributed by atoms with Gasteiger partial charge in [-0.05, 0) is 24.7 Å². The van der Waals surface area contributed by atoms with Gasteiger partial charge in [-0.2, -0.15) is 0 Å². The Morgan fingerprint density at radius 1 is 1.31 bits per heavy atom. The average Bonchev–Trinajstić information content (AvgIpc) is 2.25. The van der Waals surface area contributed by atoms with Crippen molar-refractivity contribution in [3.8, 4) is 0 Å². The van der Waals surface area contributed by atoms with Crippen LogP contribution in [-0.4, -0.2) is 19.5 Å². The van der Waals surface area contributed by atoms with Gasteiger partial charge in [0.25, 0.3) is 0 Å². The summed E-state index contributed by atoms with van der Waals surface area (Å²) in [6.07, 6.45) is 0.456. The molecule has 0 saturated heterocycles. The van der Waals surface area contributed by atoms with E-state index in [1.54, 1.807) is 19.2 Å². The van der Waals surface area contributed by atoms with Gasteiger partial charge in [0.1, 0.15) is 5.82 Å². The second-order valence-corrected chi connectivity index (χ2v) is 3.26. The number of halogens is 2. The number of carbonyl (C=O) groups is 1. The third-order valence-corrected chi connectivity index (χ3v) is 2.01. The van der Waals surface area contributed by atoms with Crippen LogP contribution in [0.3, 0.4) is 0 Å². The molecule has 0 fully saturated rings. The molecular weight excluding hydrogens is 231 g/mol. The maximum atomic E-state index is 12.6. The molecule has 0 spiro atoms. The zero-order chi connectivity index (χ0) is 11.1. The van der Waals surface area contributed by atoms with Crippen molar-refractivity contribution in [2.24, 2.45) is 0 Å². The zero-order valence-electron chi connectivity index (χ0n) is 9.13. The van der Waals surface area contributed by atoms with E-state index in [0.717, 1.165) is 5.56 Å². The molecule has 3 nitrogen and oxygen atoms in total. The van der Waals surface area contributed by atoms with Gasteiger partial charge < -0.3 is 10.6 Å². The highest BCUT2D eigenvalue weighted by Gasteiger charge is 1.99. The number of amides is 1. The lowest BCUT2D eigenvalue weighted by atomic mass is 10.2. The summed E-state index contributed by atoms with van der Waals surface area (Å²) in [6.45, 7) is 1.11. The summed E-state index contributed by atoms with van der Waals surface area (Å²) in [7, 11) is 1.80. The summed E-state index contributed by atoms with van der Waals surface area (Å²) in [5.41, 5.74) is 0.897. The summed E-state index contributed by atoms with van der Waals surface area (Å²) in [4.78, 5) is 11.2. The molecule has 1 amide bonds. The molecule has 1 rings (SSSR count). The van der Waals surface area contributed by atoms with Crippen LogP contribution in [-0.2, 0) is 11.3 Å². The molecule has 0 aliphatic heterocycles. The highest BCUT2D eigenvalue weighted by molar-refractivity contribution is 5.85. The predicted octanol–water partition coefficient (Wildman–Crippen LogP) is 1.47. The highest BCUT2D eigenvalue weighted by Crippen LogP contribution is 2.01. The van der Waals surface area contributed by atoms with Gasteiger partial charge >= 0.3 is 0 Å². The van der Waals surface area contributed by atoms with E-state index in [1.165, 1.54) is 12.1 Å². The van der Waals surface area contributed by atoms with E-state index < -0.39 is 0 Å². The van der Waals surface area contributed by atoms with Gasteiger partial charge in [0.2, 0.25) is 5.91 Å².